The van der Waals surface area contributed by atoms with E-state index in [-0.39, 0.29) is 0 Å². The standard InChI is InChI=1S/C21H34O/c1-17(9-7-10-18(2)14-16-22-6)12-13-20-19(3)11-8-15-21(20,4)5/h7,9-10,12-14,19-20H,8,11,15-16H2,1-6H3/b10-7+,13-12+,17-9+,18-14+. The van der Waals surface area contributed by atoms with E-state index in [9.17, 15) is 0 Å². The van der Waals surface area contributed by atoms with E-state index in [2.05, 4.69) is 71.1 Å². The van der Waals surface area contributed by atoms with Crippen molar-refractivity contribution in [2.24, 2.45) is 17.3 Å². The normalized spacial score (nSPS) is 27.0. The summed E-state index contributed by atoms with van der Waals surface area (Å²) < 4.78 is 5.04. The summed E-state index contributed by atoms with van der Waals surface area (Å²) in [6.45, 7) is 12.2. The summed E-state index contributed by atoms with van der Waals surface area (Å²) in [6, 6.07) is 0. The average Bonchev–Trinajstić information content (AvgIpc) is 2.43. The summed E-state index contributed by atoms with van der Waals surface area (Å²) >= 11 is 0. The van der Waals surface area contributed by atoms with Crippen molar-refractivity contribution in [3.8, 4) is 0 Å². The summed E-state index contributed by atoms with van der Waals surface area (Å²) in [5.41, 5.74) is 2.98. The first kappa shape index (κ1) is 19.0. The third kappa shape index (κ3) is 6.36. The molecule has 22 heavy (non-hydrogen) atoms. The molecule has 2 atom stereocenters. The first-order chi connectivity index (χ1) is 10.4. The van der Waals surface area contributed by atoms with E-state index in [4.69, 9.17) is 4.74 Å². The van der Waals surface area contributed by atoms with Crippen LogP contribution in [0.2, 0.25) is 0 Å². The zero-order valence-electron chi connectivity index (χ0n) is 15.4. The Bertz CT molecular complexity index is 449. The Morgan fingerprint density at radius 1 is 1.18 bits per heavy atom. The van der Waals surface area contributed by atoms with Gasteiger partial charge in [-0.25, -0.2) is 0 Å². The van der Waals surface area contributed by atoms with Crippen molar-refractivity contribution >= 4 is 0 Å². The van der Waals surface area contributed by atoms with Crippen molar-refractivity contribution in [1.82, 2.24) is 0 Å². The smallest absolute Gasteiger partial charge is 0.0649 e. The van der Waals surface area contributed by atoms with Crippen LogP contribution >= 0.6 is 0 Å². The van der Waals surface area contributed by atoms with Gasteiger partial charge in [0.2, 0.25) is 0 Å². The summed E-state index contributed by atoms with van der Waals surface area (Å²) in [6.07, 6.45) is 17.3. The third-order valence-electron chi connectivity index (χ3n) is 4.85. The lowest BCUT2D eigenvalue weighted by Gasteiger charge is -2.41. The molecule has 1 aliphatic rings. The van der Waals surface area contributed by atoms with Gasteiger partial charge in [0.05, 0.1) is 6.61 Å². The highest BCUT2D eigenvalue weighted by Gasteiger charge is 2.34. The minimum atomic E-state index is 0.434. The van der Waals surface area contributed by atoms with Crippen molar-refractivity contribution in [1.29, 1.82) is 0 Å². The Labute approximate surface area is 137 Å². The van der Waals surface area contributed by atoms with Crippen LogP contribution in [0.4, 0.5) is 0 Å². The van der Waals surface area contributed by atoms with E-state index < -0.39 is 0 Å². The minimum absolute atomic E-state index is 0.434. The van der Waals surface area contributed by atoms with Crippen LogP contribution in [0.1, 0.15) is 53.9 Å². The quantitative estimate of drug-likeness (QED) is 0.539. The molecule has 0 bridgehead atoms. The molecule has 0 amide bonds. The molecule has 1 saturated carbocycles. The average molecular weight is 303 g/mol. The van der Waals surface area contributed by atoms with Crippen LogP contribution in [0.15, 0.2) is 47.6 Å². The van der Waals surface area contributed by atoms with Crippen molar-refractivity contribution in [3.63, 3.8) is 0 Å². The minimum Gasteiger partial charge on any atom is -0.381 e. The first-order valence-corrected chi connectivity index (χ1v) is 8.55. The van der Waals surface area contributed by atoms with E-state index in [0.717, 1.165) is 5.92 Å². The Kier molecular flexibility index (Phi) is 7.89. The molecule has 124 valence electrons. The molecule has 2 unspecified atom stereocenters. The van der Waals surface area contributed by atoms with Crippen LogP contribution in [0.5, 0.6) is 0 Å². The predicted octanol–water partition coefficient (Wildman–Crippen LogP) is 6.10. The van der Waals surface area contributed by atoms with Crippen LogP contribution in [-0.2, 0) is 4.74 Å². The van der Waals surface area contributed by atoms with Gasteiger partial charge in [0.25, 0.3) is 0 Å². The van der Waals surface area contributed by atoms with Gasteiger partial charge in [0.15, 0.2) is 0 Å². The highest BCUT2D eigenvalue weighted by molar-refractivity contribution is 5.27. The van der Waals surface area contributed by atoms with Gasteiger partial charge >= 0.3 is 0 Å². The number of hydrogen-bond donors (Lipinski definition) is 0. The molecule has 1 fully saturated rings. The zero-order chi connectivity index (χ0) is 16.6. The van der Waals surface area contributed by atoms with Gasteiger partial charge in [0.1, 0.15) is 0 Å². The van der Waals surface area contributed by atoms with E-state index in [0.29, 0.717) is 17.9 Å². The predicted molar refractivity (Wildman–Crippen MR) is 98.0 cm³/mol. The second-order valence-corrected chi connectivity index (χ2v) is 7.42. The maximum absolute atomic E-state index is 5.04. The van der Waals surface area contributed by atoms with Gasteiger partial charge in [-0.05, 0) is 37.5 Å². The molecule has 1 rings (SSSR count). The summed E-state index contributed by atoms with van der Waals surface area (Å²) in [4.78, 5) is 0. The Balaban J connectivity index is 2.64. The van der Waals surface area contributed by atoms with Gasteiger partial charge in [-0.1, -0.05) is 81.2 Å². The largest absolute Gasteiger partial charge is 0.381 e. The molecule has 0 aromatic carbocycles. The second-order valence-electron chi connectivity index (χ2n) is 7.42. The lowest BCUT2D eigenvalue weighted by molar-refractivity contribution is 0.123. The van der Waals surface area contributed by atoms with Crippen molar-refractivity contribution in [3.05, 3.63) is 47.6 Å². The highest BCUT2D eigenvalue weighted by Crippen LogP contribution is 2.44. The fourth-order valence-corrected chi connectivity index (χ4v) is 3.39. The zero-order valence-corrected chi connectivity index (χ0v) is 15.4. The molecule has 0 saturated heterocycles. The third-order valence-corrected chi connectivity index (χ3v) is 4.85. The molecular weight excluding hydrogens is 268 g/mol. The Morgan fingerprint density at radius 3 is 2.55 bits per heavy atom. The Hall–Kier alpha value is -1.08. The molecule has 0 aromatic rings. The van der Waals surface area contributed by atoms with Crippen LogP contribution in [0.3, 0.4) is 0 Å². The van der Waals surface area contributed by atoms with E-state index in [1.165, 1.54) is 30.4 Å². The number of rotatable bonds is 6. The van der Waals surface area contributed by atoms with Crippen LogP contribution in [-0.4, -0.2) is 13.7 Å². The molecule has 1 nitrogen and oxygen atoms in total. The fourth-order valence-electron chi connectivity index (χ4n) is 3.39. The highest BCUT2D eigenvalue weighted by atomic mass is 16.5. The van der Waals surface area contributed by atoms with Gasteiger partial charge in [-0.15, -0.1) is 0 Å². The maximum Gasteiger partial charge on any atom is 0.0649 e. The van der Waals surface area contributed by atoms with Crippen molar-refractivity contribution in [2.45, 2.75) is 53.9 Å². The second kappa shape index (κ2) is 9.15. The summed E-state index contributed by atoms with van der Waals surface area (Å²) in [7, 11) is 1.72. The number of ether oxygens (including phenoxy) is 1. The fraction of sp³-hybridized carbons (Fsp3) is 0.619. The van der Waals surface area contributed by atoms with Gasteiger partial charge < -0.3 is 4.74 Å². The number of methoxy groups -OCH3 is 1. The lowest BCUT2D eigenvalue weighted by atomic mass is 9.64. The first-order valence-electron chi connectivity index (χ1n) is 8.55. The van der Waals surface area contributed by atoms with Crippen molar-refractivity contribution < 1.29 is 4.74 Å². The van der Waals surface area contributed by atoms with E-state index in [1.54, 1.807) is 7.11 Å². The maximum atomic E-state index is 5.04. The molecule has 0 heterocycles. The molecule has 0 spiro atoms. The summed E-state index contributed by atoms with van der Waals surface area (Å²) in [5, 5.41) is 0. The molecular formula is C21H34O. The molecule has 0 aromatic heterocycles. The van der Waals surface area contributed by atoms with Gasteiger partial charge in [-0.3, -0.25) is 0 Å². The number of hydrogen-bond acceptors (Lipinski definition) is 1. The monoisotopic (exact) mass is 302 g/mol. The van der Waals surface area contributed by atoms with Crippen LogP contribution in [0, 0.1) is 17.3 Å². The van der Waals surface area contributed by atoms with E-state index in [1.807, 2.05) is 0 Å². The molecule has 0 aliphatic heterocycles. The summed E-state index contributed by atoms with van der Waals surface area (Å²) in [5.74, 6) is 1.49. The SMILES string of the molecule is COC/C=C(C)/C=C/C=C(C)/C=C/C1C(C)CCCC1(C)C. The molecule has 0 radical (unpaired) electrons. The molecule has 1 aliphatic carbocycles. The van der Waals surface area contributed by atoms with Gasteiger partial charge in [-0.2, -0.15) is 0 Å². The van der Waals surface area contributed by atoms with Crippen LogP contribution < -0.4 is 0 Å². The van der Waals surface area contributed by atoms with Crippen molar-refractivity contribution in [2.75, 3.05) is 13.7 Å². The number of allylic oxidation sites excluding steroid dienone is 7. The Morgan fingerprint density at radius 2 is 1.91 bits per heavy atom. The topological polar surface area (TPSA) is 9.23 Å². The lowest BCUT2D eigenvalue weighted by Crippen LogP contribution is -2.32. The van der Waals surface area contributed by atoms with Crippen LogP contribution in [0.25, 0.3) is 0 Å². The molecule has 1 heteroatoms. The molecule has 0 N–H and O–H groups in total. The van der Waals surface area contributed by atoms with E-state index >= 15 is 0 Å². The van der Waals surface area contributed by atoms with Gasteiger partial charge in [0, 0.05) is 7.11 Å².